The molecule has 2 amide bonds. The lowest BCUT2D eigenvalue weighted by Crippen LogP contribution is -3.05. The van der Waals surface area contributed by atoms with E-state index in [1.165, 1.54) is 26.1 Å². The third kappa shape index (κ3) is 5.86. The van der Waals surface area contributed by atoms with Crippen LogP contribution in [0.5, 0.6) is 0 Å². The van der Waals surface area contributed by atoms with E-state index in [9.17, 15) is 19.2 Å². The van der Waals surface area contributed by atoms with Gasteiger partial charge in [0, 0.05) is 16.7 Å². The number of ether oxygens (including phenoxy) is 1. The Morgan fingerprint density at radius 1 is 1.15 bits per heavy atom. The van der Waals surface area contributed by atoms with E-state index < -0.39 is 40.2 Å². The number of hydrogen-bond acceptors (Lipinski definition) is 6. The Labute approximate surface area is 233 Å². The summed E-state index contributed by atoms with van der Waals surface area (Å²) < 4.78 is 6.15. The molecule has 0 bridgehead atoms. The van der Waals surface area contributed by atoms with Crippen LogP contribution in [0.25, 0.3) is 10.8 Å². The highest BCUT2D eigenvalue weighted by molar-refractivity contribution is 8.01. The predicted molar refractivity (Wildman–Crippen MR) is 151 cm³/mol. The van der Waals surface area contributed by atoms with Crippen LogP contribution in [-0.2, 0) is 19.1 Å². The zero-order chi connectivity index (χ0) is 28.5. The fourth-order valence-corrected chi connectivity index (χ4v) is 6.95. The summed E-state index contributed by atoms with van der Waals surface area (Å²) >= 11 is 1.42. The van der Waals surface area contributed by atoms with Gasteiger partial charge in [-0.1, -0.05) is 36.4 Å². The number of β-lactam (4-membered cyclic amide) rings is 1. The molecule has 0 radical (unpaired) electrons. The van der Waals surface area contributed by atoms with Crippen LogP contribution in [0.4, 0.5) is 0 Å². The molecular formula is C29H38N4O5S+2. The quantitative estimate of drug-likeness (QED) is 0.114. The second-order valence-corrected chi connectivity index (χ2v) is 13.0. The smallest absolute Gasteiger partial charge is 0.383 e. The first kappa shape index (κ1) is 28.8. The Balaban J connectivity index is 1.42. The van der Waals surface area contributed by atoms with Gasteiger partial charge in [0.2, 0.25) is 11.9 Å². The SMILES string of the molecule is C=[N+](C)C(CCCC[NH+](C)C)C(=O)OC(=O)[C@@H]1N2C(=O)[C@@H](NC(=O)c3cccc4ccccc34)[C@H]2SC1(C)C. The van der Waals surface area contributed by atoms with Gasteiger partial charge in [-0.05, 0) is 43.5 Å². The van der Waals surface area contributed by atoms with Crippen molar-refractivity contribution in [2.75, 3.05) is 27.7 Å². The summed E-state index contributed by atoms with van der Waals surface area (Å²) in [6, 6.07) is 10.7. The van der Waals surface area contributed by atoms with Gasteiger partial charge in [0.15, 0.2) is 0 Å². The van der Waals surface area contributed by atoms with Crippen molar-refractivity contribution in [3.05, 3.63) is 48.0 Å². The summed E-state index contributed by atoms with van der Waals surface area (Å²) in [5.74, 6) is -2.12. The minimum Gasteiger partial charge on any atom is -0.387 e. The first-order valence-electron chi connectivity index (χ1n) is 13.3. The Morgan fingerprint density at radius 3 is 2.54 bits per heavy atom. The molecule has 2 aromatic rings. The summed E-state index contributed by atoms with van der Waals surface area (Å²) in [5, 5.41) is 4.17. The molecule has 0 aromatic heterocycles. The van der Waals surface area contributed by atoms with Crippen LogP contribution < -0.4 is 10.2 Å². The first-order valence-corrected chi connectivity index (χ1v) is 14.2. The molecule has 2 N–H and O–H groups in total. The van der Waals surface area contributed by atoms with Crippen molar-refractivity contribution >= 4 is 53.0 Å². The molecule has 2 aliphatic rings. The maximum Gasteiger partial charge on any atom is 0.383 e. The molecule has 1 unspecified atom stereocenters. The number of nitrogens with zero attached hydrogens (tertiary/aromatic N) is 2. The molecule has 4 atom stereocenters. The van der Waals surface area contributed by atoms with Crippen LogP contribution in [0.15, 0.2) is 42.5 Å². The Hall–Kier alpha value is -3.24. The molecule has 208 valence electrons. The van der Waals surface area contributed by atoms with Crippen molar-refractivity contribution in [2.24, 2.45) is 0 Å². The van der Waals surface area contributed by atoms with Crippen LogP contribution >= 0.6 is 11.8 Å². The molecule has 2 fully saturated rings. The van der Waals surface area contributed by atoms with Crippen LogP contribution in [-0.4, -0.2) is 95.9 Å². The highest BCUT2D eigenvalue weighted by Crippen LogP contribution is 2.51. The molecular weight excluding hydrogens is 516 g/mol. The summed E-state index contributed by atoms with van der Waals surface area (Å²) in [7, 11) is 5.83. The van der Waals surface area contributed by atoms with Gasteiger partial charge < -0.3 is 19.9 Å². The maximum absolute atomic E-state index is 13.3. The first-order chi connectivity index (χ1) is 18.4. The Kier molecular flexibility index (Phi) is 8.46. The highest BCUT2D eigenvalue weighted by atomic mass is 32.2. The predicted octanol–water partition coefficient (Wildman–Crippen LogP) is 1.10. The molecule has 2 aromatic carbocycles. The van der Waals surface area contributed by atoms with Gasteiger partial charge in [0.25, 0.3) is 5.91 Å². The minimum atomic E-state index is -0.942. The lowest BCUT2D eigenvalue weighted by molar-refractivity contribution is -0.858. The zero-order valence-electron chi connectivity index (χ0n) is 23.2. The summed E-state index contributed by atoms with van der Waals surface area (Å²) in [6.07, 6.45) is 2.26. The summed E-state index contributed by atoms with van der Waals surface area (Å²) in [6.45, 7) is 8.51. The van der Waals surface area contributed by atoms with E-state index in [2.05, 4.69) is 26.1 Å². The number of likely N-dealkylation sites (N-methyl/N-ethyl adjacent to an activating group) is 1. The number of quaternary nitrogens is 1. The van der Waals surface area contributed by atoms with E-state index in [1.807, 2.05) is 50.2 Å². The van der Waals surface area contributed by atoms with Crippen molar-refractivity contribution < 1.29 is 33.4 Å². The molecule has 2 heterocycles. The van der Waals surface area contributed by atoms with Gasteiger partial charge in [0.05, 0.1) is 20.6 Å². The monoisotopic (exact) mass is 554 g/mol. The third-order valence-corrected chi connectivity index (χ3v) is 8.97. The van der Waals surface area contributed by atoms with Crippen LogP contribution in [0.2, 0.25) is 0 Å². The second kappa shape index (κ2) is 11.5. The molecule has 0 saturated carbocycles. The average Bonchev–Trinajstić information content (AvgIpc) is 3.13. The normalized spacial score (nSPS) is 22.3. The van der Waals surface area contributed by atoms with E-state index in [0.717, 1.165) is 30.2 Å². The fraction of sp³-hybridized carbons (Fsp3) is 0.483. The molecule has 2 saturated heterocycles. The number of thioether (sulfide) groups is 1. The van der Waals surface area contributed by atoms with Crippen molar-refractivity contribution in [3.8, 4) is 0 Å². The number of benzene rings is 2. The van der Waals surface area contributed by atoms with Crippen molar-refractivity contribution in [2.45, 2.75) is 61.4 Å². The van der Waals surface area contributed by atoms with Gasteiger partial charge in [-0.2, -0.15) is 0 Å². The standard InChI is InChI=1S/C29H36N4O5S/c1-29(2)23(28(37)38-27(36)21(32(5)6)16-9-10-17-31(3)4)33-25(35)22(26(33)39-29)30-24(34)20-15-11-13-18-12-7-8-14-19(18)20/h7-8,11-15,21-23,26H,5,9-10,16-17H2,1-4,6H3/p+2/t21?,22-,23+,26-/m1/s1. The fourth-order valence-electron chi connectivity index (χ4n) is 5.33. The van der Waals surface area contributed by atoms with Gasteiger partial charge in [-0.25, -0.2) is 14.2 Å². The van der Waals surface area contributed by atoms with E-state index in [-0.39, 0.29) is 11.8 Å². The highest BCUT2D eigenvalue weighted by Gasteiger charge is 2.64. The Morgan fingerprint density at radius 2 is 1.85 bits per heavy atom. The summed E-state index contributed by atoms with van der Waals surface area (Å²) in [4.78, 5) is 55.4. The zero-order valence-corrected chi connectivity index (χ0v) is 24.0. The second-order valence-electron chi connectivity index (χ2n) is 11.2. The van der Waals surface area contributed by atoms with E-state index in [4.69, 9.17) is 4.74 Å². The molecule has 10 heteroatoms. The maximum atomic E-state index is 13.3. The van der Waals surface area contributed by atoms with E-state index >= 15 is 0 Å². The number of carbonyl (C=O) groups is 4. The molecule has 39 heavy (non-hydrogen) atoms. The third-order valence-electron chi connectivity index (χ3n) is 7.39. The largest absolute Gasteiger partial charge is 0.387 e. The molecule has 4 rings (SSSR count). The summed E-state index contributed by atoms with van der Waals surface area (Å²) in [5.41, 5.74) is 0.485. The number of amides is 2. The van der Waals surface area contributed by atoms with Gasteiger partial charge >= 0.3 is 11.9 Å². The van der Waals surface area contributed by atoms with Crippen LogP contribution in [0, 0.1) is 0 Å². The average molecular weight is 555 g/mol. The van der Waals surface area contributed by atoms with E-state index in [1.54, 1.807) is 13.1 Å². The molecule has 2 aliphatic heterocycles. The Bertz CT molecular complexity index is 1300. The number of fused-ring (bicyclic) bond motifs is 2. The molecule has 9 nitrogen and oxygen atoms in total. The van der Waals surface area contributed by atoms with Crippen LogP contribution in [0.1, 0.15) is 43.5 Å². The van der Waals surface area contributed by atoms with Crippen LogP contribution in [0.3, 0.4) is 0 Å². The molecule has 0 aliphatic carbocycles. The number of nitrogens with one attached hydrogen (secondary N) is 2. The molecule has 0 spiro atoms. The van der Waals surface area contributed by atoms with E-state index in [0.29, 0.717) is 12.0 Å². The number of rotatable bonds is 10. The van der Waals surface area contributed by atoms with Crippen molar-refractivity contribution in [1.82, 2.24) is 10.2 Å². The number of carbonyl (C=O) groups excluding carboxylic acids is 4. The van der Waals surface area contributed by atoms with Gasteiger partial charge in [-0.3, -0.25) is 9.59 Å². The number of esters is 2. The number of unbranched alkanes of at least 4 members (excludes halogenated alkanes) is 1. The number of hydrogen-bond donors (Lipinski definition) is 2. The topological polar surface area (TPSA) is 100 Å². The minimum absolute atomic E-state index is 0.346. The lowest BCUT2D eigenvalue weighted by atomic mass is 9.95. The van der Waals surface area contributed by atoms with Gasteiger partial charge in [-0.15, -0.1) is 11.8 Å². The van der Waals surface area contributed by atoms with Crippen molar-refractivity contribution in [3.63, 3.8) is 0 Å². The van der Waals surface area contributed by atoms with Gasteiger partial charge in [0.1, 0.15) is 31.2 Å². The van der Waals surface area contributed by atoms with Crippen molar-refractivity contribution in [1.29, 1.82) is 0 Å². The lowest BCUT2D eigenvalue weighted by Gasteiger charge is -2.43.